The van der Waals surface area contributed by atoms with E-state index < -0.39 is 0 Å². The van der Waals surface area contributed by atoms with Gasteiger partial charge < -0.3 is 14.5 Å². The van der Waals surface area contributed by atoms with E-state index in [1.54, 1.807) is 0 Å². The van der Waals surface area contributed by atoms with Crippen molar-refractivity contribution >= 4 is 23.4 Å². The molecule has 0 saturated heterocycles. The summed E-state index contributed by atoms with van der Waals surface area (Å²) in [5, 5.41) is 4.65. The molecule has 0 spiro atoms. The Bertz CT molecular complexity index is 1550. The van der Waals surface area contributed by atoms with E-state index in [0.29, 0.717) is 18.9 Å². The van der Waals surface area contributed by atoms with Crippen molar-refractivity contribution in [2.24, 2.45) is 17.3 Å². The van der Waals surface area contributed by atoms with E-state index in [2.05, 4.69) is 84.5 Å². The lowest BCUT2D eigenvalue weighted by atomic mass is 9.52. The molecule has 48 heavy (non-hydrogen) atoms. The molecule has 8 nitrogen and oxygen atoms in total. The number of hydrogen-bond donors (Lipinski definition) is 0. The summed E-state index contributed by atoms with van der Waals surface area (Å²) in [6.45, 7) is 9.48. The van der Waals surface area contributed by atoms with Crippen LogP contribution in [-0.4, -0.2) is 53.9 Å². The number of rotatable bonds is 10. The zero-order chi connectivity index (χ0) is 34.1. The van der Waals surface area contributed by atoms with Gasteiger partial charge in [0.2, 0.25) is 5.91 Å². The number of ether oxygens (including phenoxy) is 1. The zero-order valence-corrected chi connectivity index (χ0v) is 30.0. The van der Waals surface area contributed by atoms with E-state index in [1.807, 2.05) is 31.9 Å². The van der Waals surface area contributed by atoms with Gasteiger partial charge in [0.15, 0.2) is 0 Å². The highest BCUT2D eigenvalue weighted by molar-refractivity contribution is 5.96. The maximum Gasteiger partial charge on any atom is 0.306 e. The van der Waals surface area contributed by atoms with Crippen LogP contribution in [0.4, 0.5) is 11.5 Å². The Morgan fingerprint density at radius 1 is 0.938 bits per heavy atom. The number of benzene rings is 1. The summed E-state index contributed by atoms with van der Waals surface area (Å²) in [4.78, 5) is 35.8. The van der Waals surface area contributed by atoms with E-state index in [4.69, 9.17) is 9.72 Å². The van der Waals surface area contributed by atoms with Crippen molar-refractivity contribution in [2.45, 2.75) is 109 Å². The van der Waals surface area contributed by atoms with Crippen LogP contribution in [0.5, 0.6) is 0 Å². The van der Waals surface area contributed by atoms with E-state index in [1.165, 1.54) is 5.56 Å². The molecule has 1 amide bonds. The summed E-state index contributed by atoms with van der Waals surface area (Å²) in [7, 11) is 4.07. The fourth-order valence-corrected chi connectivity index (χ4v) is 8.51. The Hall–Kier alpha value is -3.68. The quantitative estimate of drug-likeness (QED) is 0.206. The Labute approximate surface area is 287 Å². The molecule has 3 aromatic rings. The summed E-state index contributed by atoms with van der Waals surface area (Å²) in [6.07, 6.45) is 16.8. The first kappa shape index (κ1) is 34.2. The molecular weight excluding hydrogens is 598 g/mol. The normalized spacial score (nSPS) is 25.5. The molecule has 0 unspecified atom stereocenters. The molecule has 0 radical (unpaired) electrons. The molecule has 0 aliphatic heterocycles. The number of hydrogen-bond acceptors (Lipinski definition) is 6. The predicted octanol–water partition coefficient (Wildman–Crippen LogP) is 8.15. The molecule has 0 atom stereocenters. The van der Waals surface area contributed by atoms with Crippen molar-refractivity contribution in [2.75, 3.05) is 37.0 Å². The fraction of sp³-hybridized carbons (Fsp3) is 0.600. The van der Waals surface area contributed by atoms with Crippen LogP contribution in [0.1, 0.15) is 104 Å². The maximum absolute atomic E-state index is 14.6. The van der Waals surface area contributed by atoms with Gasteiger partial charge in [-0.3, -0.25) is 14.3 Å². The van der Waals surface area contributed by atoms with Crippen LogP contribution < -0.4 is 9.80 Å². The number of carbonyl (C=O) groups is 2. The van der Waals surface area contributed by atoms with Crippen LogP contribution in [0.25, 0.3) is 11.1 Å². The van der Waals surface area contributed by atoms with Gasteiger partial charge in [-0.05, 0) is 138 Å². The number of fused-ring (bicyclic) bond motifs is 3. The summed E-state index contributed by atoms with van der Waals surface area (Å²) in [5.74, 6) is 1.39. The first-order chi connectivity index (χ1) is 22.9. The van der Waals surface area contributed by atoms with Crippen molar-refractivity contribution in [1.82, 2.24) is 14.8 Å². The highest BCUT2D eigenvalue weighted by atomic mass is 16.5. The van der Waals surface area contributed by atoms with Crippen LogP contribution in [0, 0.1) is 17.3 Å². The molecule has 0 N–H and O–H groups in total. The monoisotopic (exact) mass is 653 g/mol. The number of anilines is 2. The lowest BCUT2D eigenvalue weighted by Gasteiger charge is -2.55. The Balaban J connectivity index is 1.23. The van der Waals surface area contributed by atoms with Gasteiger partial charge in [-0.2, -0.15) is 5.10 Å². The average molecular weight is 654 g/mol. The van der Waals surface area contributed by atoms with Crippen LogP contribution in [-0.2, 0) is 25.3 Å². The summed E-state index contributed by atoms with van der Waals surface area (Å²) < 4.78 is 7.22. The van der Waals surface area contributed by atoms with Gasteiger partial charge in [-0.25, -0.2) is 4.98 Å². The smallest absolute Gasteiger partial charge is 0.306 e. The van der Waals surface area contributed by atoms with Gasteiger partial charge in [0, 0.05) is 56.6 Å². The van der Waals surface area contributed by atoms with Crippen molar-refractivity contribution < 1.29 is 14.3 Å². The molecule has 8 heteroatoms. The standard InChI is InChI=1S/C40H55N5O3/c1-7-48-36(46)23-29-11-13-30(14-12-29)37(47)44(34-10-8-9-31(24-34)32-25-42-45(27-32)38(2,3)4)28-39-17-20-40(21-18-39,22-19-39)33-15-16-35(41-26-33)43(5)6/h8-10,15-16,24-27,29-30H,7,11-14,17-23,28H2,1-6H3/t29-,30-,39?,40?. The molecule has 1 aromatic carbocycles. The lowest BCUT2D eigenvalue weighted by molar-refractivity contribution is -0.144. The third-order valence-corrected chi connectivity index (χ3v) is 11.7. The van der Waals surface area contributed by atoms with Gasteiger partial charge in [0.25, 0.3) is 0 Å². The molecule has 4 aliphatic rings. The third-order valence-electron chi connectivity index (χ3n) is 11.7. The van der Waals surface area contributed by atoms with Crippen LogP contribution in [0.2, 0.25) is 0 Å². The van der Waals surface area contributed by atoms with E-state index in [-0.39, 0.29) is 34.2 Å². The predicted molar refractivity (Wildman–Crippen MR) is 192 cm³/mol. The Morgan fingerprint density at radius 3 is 2.23 bits per heavy atom. The van der Waals surface area contributed by atoms with E-state index >= 15 is 0 Å². The summed E-state index contributed by atoms with van der Waals surface area (Å²) >= 11 is 0. The molecule has 2 aromatic heterocycles. The minimum absolute atomic E-state index is 0.0281. The van der Waals surface area contributed by atoms with Crippen molar-refractivity contribution in [3.63, 3.8) is 0 Å². The molecule has 258 valence electrons. The highest BCUT2D eigenvalue weighted by Gasteiger charge is 2.50. The van der Waals surface area contributed by atoms with E-state index in [0.717, 1.165) is 93.4 Å². The Morgan fingerprint density at radius 2 is 1.65 bits per heavy atom. The molecule has 4 aliphatic carbocycles. The largest absolute Gasteiger partial charge is 0.466 e. The zero-order valence-electron chi connectivity index (χ0n) is 30.0. The highest BCUT2D eigenvalue weighted by Crippen LogP contribution is 2.58. The maximum atomic E-state index is 14.6. The van der Waals surface area contributed by atoms with Gasteiger partial charge in [0.1, 0.15) is 5.82 Å². The lowest BCUT2D eigenvalue weighted by Crippen LogP contribution is -2.51. The van der Waals surface area contributed by atoms with Gasteiger partial charge in [-0.15, -0.1) is 0 Å². The number of nitrogens with zero attached hydrogens (tertiary/aromatic N) is 5. The Kier molecular flexibility index (Phi) is 9.74. The first-order valence-electron chi connectivity index (χ1n) is 18.2. The average Bonchev–Trinajstić information content (AvgIpc) is 3.60. The minimum Gasteiger partial charge on any atom is -0.466 e. The topological polar surface area (TPSA) is 80.6 Å². The summed E-state index contributed by atoms with van der Waals surface area (Å²) in [5.41, 5.74) is 4.70. The molecule has 2 bridgehead atoms. The summed E-state index contributed by atoms with van der Waals surface area (Å²) in [6, 6.07) is 13.0. The third kappa shape index (κ3) is 7.18. The number of aromatic nitrogens is 3. The van der Waals surface area contributed by atoms with Crippen LogP contribution >= 0.6 is 0 Å². The van der Waals surface area contributed by atoms with Crippen molar-refractivity contribution in [1.29, 1.82) is 0 Å². The SMILES string of the molecule is CCOC(=O)C[C@H]1CC[C@H](C(=O)N(CC23CCC(c4ccc(N(C)C)nc4)(CC2)CC3)c2cccc(-c3cnn(C(C)(C)C)c3)c2)CC1. The van der Waals surface area contributed by atoms with Crippen LogP contribution in [0.3, 0.4) is 0 Å². The number of amides is 1. The van der Waals surface area contributed by atoms with Crippen LogP contribution in [0.15, 0.2) is 55.0 Å². The van der Waals surface area contributed by atoms with Crippen molar-refractivity contribution in [3.8, 4) is 11.1 Å². The molecule has 7 rings (SSSR count). The molecular formula is C40H55N5O3. The van der Waals surface area contributed by atoms with Crippen molar-refractivity contribution in [3.05, 3.63) is 60.6 Å². The van der Waals surface area contributed by atoms with Gasteiger partial charge >= 0.3 is 5.97 Å². The van der Waals surface area contributed by atoms with E-state index in [9.17, 15) is 9.59 Å². The fourth-order valence-electron chi connectivity index (χ4n) is 8.51. The minimum atomic E-state index is -0.116. The second-order valence-corrected chi connectivity index (χ2v) is 16.1. The molecule has 4 fully saturated rings. The second-order valence-electron chi connectivity index (χ2n) is 16.1. The van der Waals surface area contributed by atoms with Gasteiger partial charge in [0.05, 0.1) is 18.3 Å². The number of carbonyl (C=O) groups excluding carboxylic acids is 2. The number of esters is 1. The molecule has 4 saturated carbocycles. The van der Waals surface area contributed by atoms with Gasteiger partial charge in [-0.1, -0.05) is 18.2 Å². The first-order valence-corrected chi connectivity index (χ1v) is 18.2. The molecule has 2 heterocycles. The number of pyridine rings is 1. The second kappa shape index (κ2) is 13.7.